The summed E-state index contributed by atoms with van der Waals surface area (Å²) in [4.78, 5) is 15.1. The van der Waals surface area contributed by atoms with Crippen molar-refractivity contribution in [3.8, 4) is 6.07 Å². The Morgan fingerprint density at radius 2 is 2.07 bits per heavy atom. The van der Waals surface area contributed by atoms with Crippen molar-refractivity contribution in [2.24, 2.45) is 0 Å². The topological polar surface area (TPSA) is 56.1 Å². The van der Waals surface area contributed by atoms with Gasteiger partial charge in [0.05, 0.1) is 33.8 Å². The minimum Gasteiger partial charge on any atom is -0.344 e. The van der Waals surface area contributed by atoms with Crippen LogP contribution in [0.4, 0.5) is 13.2 Å². The van der Waals surface area contributed by atoms with Crippen LogP contribution in [0.1, 0.15) is 52.9 Å². The highest BCUT2D eigenvalue weighted by atomic mass is 35.5. The zero-order valence-corrected chi connectivity index (χ0v) is 17.1. The van der Waals surface area contributed by atoms with E-state index in [9.17, 15) is 23.2 Å². The molecule has 1 saturated heterocycles. The van der Waals surface area contributed by atoms with Crippen LogP contribution in [0.3, 0.4) is 0 Å². The molecule has 0 aromatic heterocycles. The number of benzene rings is 2. The predicted molar refractivity (Wildman–Crippen MR) is 108 cm³/mol. The number of likely N-dealkylation sites (tertiary alicyclic amines) is 1. The van der Waals surface area contributed by atoms with Gasteiger partial charge in [0.1, 0.15) is 0 Å². The van der Waals surface area contributed by atoms with Gasteiger partial charge in [-0.1, -0.05) is 29.8 Å². The van der Waals surface area contributed by atoms with E-state index in [1.165, 1.54) is 6.07 Å². The van der Waals surface area contributed by atoms with Crippen molar-refractivity contribution in [1.29, 1.82) is 5.26 Å². The molecule has 2 aromatic carbocycles. The van der Waals surface area contributed by atoms with Crippen LogP contribution in [0.25, 0.3) is 0 Å². The number of nitrogens with zero attached hydrogens (tertiary/aromatic N) is 2. The SMILES string of the molecule is CC1CCCN1C[C@@H](NC(=O)c1cccc(C(F)(F)F)c1Cl)c1cccc(C#N)c1. The molecular weight excluding hydrogens is 415 g/mol. The number of hydrogen-bond donors (Lipinski definition) is 1. The molecule has 0 spiro atoms. The molecule has 158 valence electrons. The molecule has 2 aromatic rings. The molecule has 0 bridgehead atoms. The summed E-state index contributed by atoms with van der Waals surface area (Å²) in [5.41, 5.74) is -0.127. The van der Waals surface area contributed by atoms with E-state index >= 15 is 0 Å². The van der Waals surface area contributed by atoms with Gasteiger partial charge in [-0.2, -0.15) is 18.4 Å². The maximum absolute atomic E-state index is 13.2. The van der Waals surface area contributed by atoms with E-state index in [2.05, 4.69) is 23.2 Å². The molecule has 1 aliphatic rings. The third-order valence-corrected chi connectivity index (χ3v) is 5.79. The van der Waals surface area contributed by atoms with Gasteiger partial charge < -0.3 is 5.32 Å². The lowest BCUT2D eigenvalue weighted by Crippen LogP contribution is -2.39. The van der Waals surface area contributed by atoms with E-state index < -0.39 is 28.7 Å². The molecule has 0 aliphatic carbocycles. The van der Waals surface area contributed by atoms with Gasteiger partial charge in [0, 0.05) is 12.6 Å². The van der Waals surface area contributed by atoms with Gasteiger partial charge in [-0.25, -0.2) is 0 Å². The second-order valence-corrected chi connectivity index (χ2v) is 7.79. The first-order chi connectivity index (χ1) is 14.2. The third-order valence-electron chi connectivity index (χ3n) is 5.38. The number of rotatable bonds is 5. The van der Waals surface area contributed by atoms with Crippen molar-refractivity contribution in [1.82, 2.24) is 10.2 Å². The normalized spacial score (nSPS) is 18.1. The number of nitrogens with one attached hydrogen (secondary N) is 1. The third kappa shape index (κ3) is 4.94. The summed E-state index contributed by atoms with van der Waals surface area (Å²) in [7, 11) is 0. The van der Waals surface area contributed by atoms with Gasteiger partial charge in [0.25, 0.3) is 5.91 Å². The van der Waals surface area contributed by atoms with E-state index in [4.69, 9.17) is 11.6 Å². The summed E-state index contributed by atoms with van der Waals surface area (Å²) in [6, 6.07) is 12.0. The number of carbonyl (C=O) groups is 1. The van der Waals surface area contributed by atoms with Gasteiger partial charge in [-0.15, -0.1) is 0 Å². The van der Waals surface area contributed by atoms with Crippen LogP contribution in [-0.2, 0) is 6.18 Å². The quantitative estimate of drug-likeness (QED) is 0.703. The van der Waals surface area contributed by atoms with Gasteiger partial charge >= 0.3 is 6.18 Å². The molecule has 1 aliphatic heterocycles. The van der Waals surface area contributed by atoms with Gasteiger partial charge in [0.15, 0.2) is 0 Å². The lowest BCUT2D eigenvalue weighted by atomic mass is 10.0. The Morgan fingerprint density at radius 3 is 2.70 bits per heavy atom. The van der Waals surface area contributed by atoms with Gasteiger partial charge in [-0.05, 0) is 56.1 Å². The van der Waals surface area contributed by atoms with Crippen LogP contribution >= 0.6 is 11.6 Å². The fraction of sp³-hybridized carbons (Fsp3) is 0.364. The second-order valence-electron chi connectivity index (χ2n) is 7.41. The predicted octanol–water partition coefficient (Wildman–Crippen LogP) is 5.19. The van der Waals surface area contributed by atoms with Crippen LogP contribution in [0.5, 0.6) is 0 Å². The summed E-state index contributed by atoms with van der Waals surface area (Å²) >= 11 is 5.92. The maximum atomic E-state index is 13.2. The van der Waals surface area contributed by atoms with Crippen molar-refractivity contribution in [3.05, 3.63) is 69.7 Å². The number of halogens is 4. The Bertz CT molecular complexity index is 971. The molecule has 1 fully saturated rings. The zero-order valence-electron chi connectivity index (χ0n) is 16.3. The molecule has 1 unspecified atom stereocenters. The van der Waals surface area contributed by atoms with Crippen molar-refractivity contribution in [3.63, 3.8) is 0 Å². The smallest absolute Gasteiger partial charge is 0.344 e. The first-order valence-electron chi connectivity index (χ1n) is 9.61. The lowest BCUT2D eigenvalue weighted by Gasteiger charge is -2.28. The Balaban J connectivity index is 1.91. The highest BCUT2D eigenvalue weighted by molar-refractivity contribution is 6.34. The van der Waals surface area contributed by atoms with Gasteiger partial charge in [-0.3, -0.25) is 9.69 Å². The molecule has 0 radical (unpaired) electrons. The maximum Gasteiger partial charge on any atom is 0.417 e. The van der Waals surface area contributed by atoms with Crippen molar-refractivity contribution >= 4 is 17.5 Å². The van der Waals surface area contributed by atoms with Crippen LogP contribution in [-0.4, -0.2) is 29.9 Å². The monoisotopic (exact) mass is 435 g/mol. The fourth-order valence-corrected chi connectivity index (χ4v) is 4.04. The largest absolute Gasteiger partial charge is 0.417 e. The number of amides is 1. The molecule has 30 heavy (non-hydrogen) atoms. The van der Waals surface area contributed by atoms with Crippen LogP contribution in [0.15, 0.2) is 42.5 Å². The summed E-state index contributed by atoms with van der Waals surface area (Å²) < 4.78 is 39.5. The minimum atomic E-state index is -4.65. The van der Waals surface area contributed by atoms with Crippen molar-refractivity contribution in [2.45, 2.75) is 38.0 Å². The number of hydrogen-bond acceptors (Lipinski definition) is 3. The van der Waals surface area contributed by atoms with Crippen molar-refractivity contribution < 1.29 is 18.0 Å². The van der Waals surface area contributed by atoms with E-state index in [0.29, 0.717) is 23.7 Å². The highest BCUT2D eigenvalue weighted by Crippen LogP contribution is 2.36. The molecule has 1 amide bonds. The fourth-order valence-electron chi connectivity index (χ4n) is 3.72. The zero-order chi connectivity index (χ0) is 21.9. The van der Waals surface area contributed by atoms with E-state index in [1.54, 1.807) is 24.3 Å². The first kappa shape index (κ1) is 22.1. The molecule has 2 atom stereocenters. The lowest BCUT2D eigenvalue weighted by molar-refractivity contribution is -0.137. The average molecular weight is 436 g/mol. The number of alkyl halides is 3. The Kier molecular flexibility index (Phi) is 6.69. The Labute approximate surface area is 178 Å². The number of nitriles is 1. The minimum absolute atomic E-state index is 0.234. The standard InChI is InChI=1S/C22H21ClF3N3O/c1-14-5-4-10-29(14)13-19(16-7-2-6-15(11-16)12-27)28-21(30)17-8-3-9-18(20(17)23)22(24,25)26/h2-3,6-9,11,14,19H,4-5,10,13H2,1H3,(H,28,30)/t14?,19-/m1/s1. The summed E-state index contributed by atoms with van der Waals surface area (Å²) in [6.07, 6.45) is -2.57. The van der Waals surface area contributed by atoms with Crippen LogP contribution < -0.4 is 5.32 Å². The first-order valence-corrected chi connectivity index (χ1v) is 9.99. The molecular formula is C22H21ClF3N3O. The summed E-state index contributed by atoms with van der Waals surface area (Å²) in [6.45, 7) is 3.45. The van der Waals surface area contributed by atoms with Crippen LogP contribution in [0, 0.1) is 11.3 Å². The van der Waals surface area contributed by atoms with Crippen LogP contribution in [0.2, 0.25) is 5.02 Å². The molecule has 8 heteroatoms. The van der Waals surface area contributed by atoms with Gasteiger partial charge in [0.2, 0.25) is 0 Å². The molecule has 3 rings (SSSR count). The number of carbonyl (C=O) groups excluding carboxylic acids is 1. The molecule has 4 nitrogen and oxygen atoms in total. The average Bonchev–Trinajstić information content (AvgIpc) is 3.11. The molecule has 1 N–H and O–H groups in total. The second kappa shape index (κ2) is 9.07. The van der Waals surface area contributed by atoms with E-state index in [0.717, 1.165) is 31.5 Å². The van der Waals surface area contributed by atoms with Crippen molar-refractivity contribution in [2.75, 3.05) is 13.1 Å². The summed E-state index contributed by atoms with van der Waals surface area (Å²) in [5.74, 6) is -0.690. The Morgan fingerprint density at radius 1 is 1.33 bits per heavy atom. The molecule has 1 heterocycles. The molecule has 0 saturated carbocycles. The Hall–Kier alpha value is -2.56. The highest BCUT2D eigenvalue weighted by Gasteiger charge is 2.35. The van der Waals surface area contributed by atoms with E-state index in [1.807, 2.05) is 0 Å². The summed E-state index contributed by atoms with van der Waals surface area (Å²) in [5, 5.41) is 11.4. The van der Waals surface area contributed by atoms with E-state index in [-0.39, 0.29) is 5.56 Å².